The number of halogens is 1. The Morgan fingerprint density at radius 2 is 2.06 bits per heavy atom. The molecule has 0 spiro atoms. The minimum atomic E-state index is -0.256. The minimum Gasteiger partial charge on any atom is -0.379 e. The molecule has 2 aliphatic heterocycles. The number of hydrogen-bond acceptors (Lipinski definition) is 5. The van der Waals surface area contributed by atoms with Gasteiger partial charge in [0.15, 0.2) is 17.6 Å². The molecule has 3 aliphatic rings. The standard InChI is InChI=1S/C23H37FN6O/c1-2-25-22(28-19-8-12-29(17-19)21-20(24)7-6-11-26-21)27-18-23(9-4-3-5-10-23)30-13-15-31-16-14-30/h6-7,11,19H,2-5,8-10,12-18H2,1H3,(H2,25,27,28). The molecule has 2 N–H and O–H groups in total. The van der Waals surface area contributed by atoms with Crippen LogP contribution in [0.2, 0.25) is 0 Å². The van der Waals surface area contributed by atoms with Crippen LogP contribution in [-0.2, 0) is 4.74 Å². The predicted octanol–water partition coefficient (Wildman–Crippen LogP) is 2.39. The van der Waals surface area contributed by atoms with Gasteiger partial charge in [-0.1, -0.05) is 19.3 Å². The molecule has 31 heavy (non-hydrogen) atoms. The van der Waals surface area contributed by atoms with Crippen LogP contribution in [0.1, 0.15) is 45.4 Å². The van der Waals surface area contributed by atoms with Gasteiger partial charge in [-0.25, -0.2) is 9.37 Å². The van der Waals surface area contributed by atoms with Crippen molar-refractivity contribution in [3.8, 4) is 0 Å². The number of guanidine groups is 1. The number of aliphatic imine (C=N–C) groups is 1. The first-order valence-electron chi connectivity index (χ1n) is 11.9. The quantitative estimate of drug-likeness (QED) is 0.532. The molecule has 4 rings (SSSR count). The largest absolute Gasteiger partial charge is 0.379 e. The molecule has 1 unspecified atom stereocenters. The van der Waals surface area contributed by atoms with Gasteiger partial charge in [-0.15, -0.1) is 0 Å². The number of nitrogens with zero attached hydrogens (tertiary/aromatic N) is 4. The van der Waals surface area contributed by atoms with Crippen LogP contribution in [0.4, 0.5) is 10.2 Å². The van der Waals surface area contributed by atoms with E-state index in [4.69, 9.17) is 9.73 Å². The Balaban J connectivity index is 1.41. The second-order valence-corrected chi connectivity index (χ2v) is 8.96. The Labute approximate surface area is 185 Å². The molecule has 2 saturated heterocycles. The van der Waals surface area contributed by atoms with Crippen LogP contribution < -0.4 is 15.5 Å². The van der Waals surface area contributed by atoms with Gasteiger partial charge in [-0.3, -0.25) is 9.89 Å². The van der Waals surface area contributed by atoms with Gasteiger partial charge in [0, 0.05) is 50.5 Å². The van der Waals surface area contributed by atoms with Crippen molar-refractivity contribution < 1.29 is 9.13 Å². The van der Waals surface area contributed by atoms with E-state index in [1.807, 2.05) is 4.90 Å². The normalized spacial score (nSPS) is 24.9. The first-order valence-corrected chi connectivity index (χ1v) is 11.9. The second kappa shape index (κ2) is 10.6. The van der Waals surface area contributed by atoms with E-state index in [1.165, 1.54) is 38.2 Å². The van der Waals surface area contributed by atoms with E-state index in [0.717, 1.165) is 64.9 Å². The van der Waals surface area contributed by atoms with Crippen LogP contribution in [0.3, 0.4) is 0 Å². The smallest absolute Gasteiger partial charge is 0.191 e. The fourth-order valence-corrected chi connectivity index (χ4v) is 5.24. The summed E-state index contributed by atoms with van der Waals surface area (Å²) in [7, 11) is 0. The van der Waals surface area contributed by atoms with Gasteiger partial charge in [0.25, 0.3) is 0 Å². The number of anilines is 1. The molecule has 3 fully saturated rings. The van der Waals surface area contributed by atoms with Crippen LogP contribution in [0.25, 0.3) is 0 Å². The van der Waals surface area contributed by atoms with Crippen molar-refractivity contribution in [1.82, 2.24) is 20.5 Å². The minimum absolute atomic E-state index is 0.156. The highest BCUT2D eigenvalue weighted by Crippen LogP contribution is 2.34. The van der Waals surface area contributed by atoms with E-state index >= 15 is 0 Å². The predicted molar refractivity (Wildman–Crippen MR) is 122 cm³/mol. The second-order valence-electron chi connectivity index (χ2n) is 8.96. The SMILES string of the molecule is CCNC(=NCC1(N2CCOCC2)CCCCC1)NC1CCN(c2ncccc2F)C1. The van der Waals surface area contributed by atoms with Crippen molar-refractivity contribution in [3.63, 3.8) is 0 Å². The van der Waals surface area contributed by atoms with Crippen molar-refractivity contribution in [2.75, 3.05) is 57.4 Å². The zero-order chi connectivity index (χ0) is 21.5. The van der Waals surface area contributed by atoms with Crippen LogP contribution in [0.5, 0.6) is 0 Å². The summed E-state index contributed by atoms with van der Waals surface area (Å²) in [6.45, 7) is 8.92. The molecule has 1 aromatic heterocycles. The van der Waals surface area contributed by atoms with Crippen LogP contribution in [0, 0.1) is 5.82 Å². The lowest BCUT2D eigenvalue weighted by Gasteiger charge is -2.47. The number of ether oxygens (including phenoxy) is 1. The summed E-state index contributed by atoms with van der Waals surface area (Å²) in [6, 6.07) is 3.34. The van der Waals surface area contributed by atoms with Gasteiger partial charge in [-0.05, 0) is 38.3 Å². The third-order valence-corrected chi connectivity index (χ3v) is 6.91. The Kier molecular flexibility index (Phi) is 7.61. The van der Waals surface area contributed by atoms with E-state index in [9.17, 15) is 4.39 Å². The lowest BCUT2D eigenvalue weighted by molar-refractivity contribution is -0.0333. The summed E-state index contributed by atoms with van der Waals surface area (Å²) in [5.74, 6) is 1.06. The Bertz CT molecular complexity index is 733. The molecule has 1 aromatic rings. The summed E-state index contributed by atoms with van der Waals surface area (Å²) >= 11 is 0. The van der Waals surface area contributed by atoms with Gasteiger partial charge in [0.05, 0.1) is 19.8 Å². The van der Waals surface area contributed by atoms with E-state index < -0.39 is 0 Å². The molecular weight excluding hydrogens is 395 g/mol. The topological polar surface area (TPSA) is 65.0 Å². The number of hydrogen-bond donors (Lipinski definition) is 2. The summed E-state index contributed by atoms with van der Waals surface area (Å²) in [4.78, 5) is 13.9. The summed E-state index contributed by atoms with van der Waals surface area (Å²) in [6.07, 6.45) is 8.91. The lowest BCUT2D eigenvalue weighted by Crippen LogP contribution is -2.57. The van der Waals surface area contributed by atoms with Gasteiger partial charge < -0.3 is 20.3 Å². The number of pyridine rings is 1. The van der Waals surface area contributed by atoms with E-state index in [-0.39, 0.29) is 17.4 Å². The average molecular weight is 433 g/mol. The lowest BCUT2D eigenvalue weighted by atomic mass is 9.80. The zero-order valence-electron chi connectivity index (χ0n) is 18.8. The maximum Gasteiger partial charge on any atom is 0.191 e. The first-order chi connectivity index (χ1) is 15.2. The third kappa shape index (κ3) is 5.47. The Hall–Kier alpha value is -1.93. The number of nitrogens with one attached hydrogen (secondary N) is 2. The molecule has 1 atom stereocenters. The van der Waals surface area contributed by atoms with Gasteiger partial charge in [-0.2, -0.15) is 0 Å². The van der Waals surface area contributed by atoms with E-state index in [0.29, 0.717) is 5.82 Å². The first kappa shape index (κ1) is 22.3. The fraction of sp³-hybridized carbons (Fsp3) is 0.739. The van der Waals surface area contributed by atoms with Crippen LogP contribution in [-0.4, -0.2) is 79.9 Å². The highest BCUT2D eigenvalue weighted by atomic mass is 19.1. The van der Waals surface area contributed by atoms with Crippen molar-refractivity contribution in [3.05, 3.63) is 24.1 Å². The fourth-order valence-electron chi connectivity index (χ4n) is 5.24. The summed E-state index contributed by atoms with van der Waals surface area (Å²) < 4.78 is 19.7. The van der Waals surface area contributed by atoms with Gasteiger partial charge in [0.2, 0.25) is 0 Å². The molecule has 3 heterocycles. The molecule has 1 saturated carbocycles. The Morgan fingerprint density at radius 1 is 1.26 bits per heavy atom. The van der Waals surface area contributed by atoms with Crippen molar-refractivity contribution >= 4 is 11.8 Å². The molecule has 8 heteroatoms. The average Bonchev–Trinajstić information content (AvgIpc) is 3.27. The maximum absolute atomic E-state index is 14.1. The molecule has 1 aliphatic carbocycles. The summed E-state index contributed by atoms with van der Waals surface area (Å²) in [5, 5.41) is 7.02. The van der Waals surface area contributed by atoms with Gasteiger partial charge >= 0.3 is 0 Å². The molecule has 0 bridgehead atoms. The molecule has 172 valence electrons. The molecular formula is C23H37FN6O. The summed E-state index contributed by atoms with van der Waals surface area (Å²) in [5.41, 5.74) is 0.156. The molecule has 0 radical (unpaired) electrons. The highest BCUT2D eigenvalue weighted by Gasteiger charge is 2.38. The van der Waals surface area contributed by atoms with Gasteiger partial charge in [0.1, 0.15) is 0 Å². The van der Waals surface area contributed by atoms with Crippen LogP contribution >= 0.6 is 0 Å². The zero-order valence-corrected chi connectivity index (χ0v) is 18.8. The van der Waals surface area contributed by atoms with Crippen molar-refractivity contribution in [2.45, 2.75) is 57.0 Å². The van der Waals surface area contributed by atoms with E-state index in [1.54, 1.807) is 12.3 Å². The highest BCUT2D eigenvalue weighted by molar-refractivity contribution is 5.80. The number of aromatic nitrogens is 1. The molecule has 0 amide bonds. The van der Waals surface area contributed by atoms with Crippen LogP contribution in [0.15, 0.2) is 23.3 Å². The Morgan fingerprint density at radius 3 is 2.81 bits per heavy atom. The monoisotopic (exact) mass is 432 g/mol. The van der Waals surface area contributed by atoms with Crippen molar-refractivity contribution in [2.24, 2.45) is 4.99 Å². The molecule has 0 aromatic carbocycles. The number of rotatable bonds is 6. The van der Waals surface area contributed by atoms with Crippen molar-refractivity contribution in [1.29, 1.82) is 0 Å². The maximum atomic E-state index is 14.1. The third-order valence-electron chi connectivity index (χ3n) is 6.91. The van der Waals surface area contributed by atoms with E-state index in [2.05, 4.69) is 27.4 Å². The molecule has 7 nitrogen and oxygen atoms in total. The number of morpholine rings is 1.